The van der Waals surface area contributed by atoms with Gasteiger partial charge in [0.25, 0.3) is 0 Å². The van der Waals surface area contributed by atoms with Crippen molar-refractivity contribution in [3.63, 3.8) is 0 Å². The largest absolute Gasteiger partial charge is 0.466 e. The van der Waals surface area contributed by atoms with Gasteiger partial charge in [0.15, 0.2) is 5.96 Å². The van der Waals surface area contributed by atoms with Gasteiger partial charge in [-0.1, -0.05) is 0 Å². The van der Waals surface area contributed by atoms with E-state index in [-0.39, 0.29) is 36.4 Å². The van der Waals surface area contributed by atoms with Gasteiger partial charge in [0.2, 0.25) is 5.91 Å². The minimum Gasteiger partial charge on any atom is -0.466 e. The molecule has 1 amide bonds. The maximum absolute atomic E-state index is 11.6. The SMILES string of the molecule is CCNC(=NCC(C)(O)c1cc(C)oc1C)NCCC(=O)N(C)C.I. The molecule has 0 fully saturated rings. The third-order valence-corrected chi connectivity index (χ3v) is 3.64. The molecule has 144 valence electrons. The molecule has 1 atom stereocenters. The van der Waals surface area contributed by atoms with Crippen LogP contribution < -0.4 is 10.6 Å². The van der Waals surface area contributed by atoms with Crippen molar-refractivity contribution in [2.75, 3.05) is 33.7 Å². The highest BCUT2D eigenvalue weighted by Gasteiger charge is 2.27. The van der Waals surface area contributed by atoms with E-state index in [1.807, 2.05) is 26.8 Å². The maximum atomic E-state index is 11.6. The summed E-state index contributed by atoms with van der Waals surface area (Å²) in [6.45, 7) is 8.72. The van der Waals surface area contributed by atoms with E-state index in [0.717, 1.165) is 11.3 Å². The normalized spacial score (nSPS) is 13.6. The predicted molar refractivity (Wildman–Crippen MR) is 110 cm³/mol. The molecule has 0 saturated heterocycles. The van der Waals surface area contributed by atoms with E-state index in [1.165, 1.54) is 0 Å². The van der Waals surface area contributed by atoms with Crippen molar-refractivity contribution in [1.29, 1.82) is 0 Å². The molecule has 1 aromatic rings. The molecule has 0 aliphatic heterocycles. The Kier molecular flexibility index (Phi) is 10.1. The Morgan fingerprint density at radius 1 is 1.36 bits per heavy atom. The van der Waals surface area contributed by atoms with E-state index >= 15 is 0 Å². The van der Waals surface area contributed by atoms with Crippen LogP contribution in [0.5, 0.6) is 0 Å². The second-order valence-corrected chi connectivity index (χ2v) is 6.26. The van der Waals surface area contributed by atoms with Crippen molar-refractivity contribution in [1.82, 2.24) is 15.5 Å². The third-order valence-electron chi connectivity index (χ3n) is 3.64. The van der Waals surface area contributed by atoms with Gasteiger partial charge in [-0.05, 0) is 33.8 Å². The summed E-state index contributed by atoms with van der Waals surface area (Å²) in [5, 5.41) is 16.9. The van der Waals surface area contributed by atoms with Crippen LogP contribution in [0.1, 0.15) is 37.4 Å². The highest BCUT2D eigenvalue weighted by atomic mass is 127. The zero-order valence-corrected chi connectivity index (χ0v) is 18.3. The summed E-state index contributed by atoms with van der Waals surface area (Å²) in [7, 11) is 3.46. The monoisotopic (exact) mass is 466 g/mol. The molecule has 1 unspecified atom stereocenters. The molecule has 0 spiro atoms. The molecular weight excluding hydrogens is 435 g/mol. The fraction of sp³-hybridized carbons (Fsp3) is 0.647. The van der Waals surface area contributed by atoms with Gasteiger partial charge in [-0.3, -0.25) is 4.79 Å². The Balaban J connectivity index is 0.00000576. The first-order chi connectivity index (χ1) is 11.2. The van der Waals surface area contributed by atoms with Crippen molar-refractivity contribution >= 4 is 35.8 Å². The number of aliphatic hydroxyl groups is 1. The average molecular weight is 466 g/mol. The summed E-state index contributed by atoms with van der Waals surface area (Å²) in [5.74, 6) is 2.08. The fourth-order valence-corrected chi connectivity index (χ4v) is 2.34. The number of nitrogens with one attached hydrogen (secondary N) is 2. The Hall–Kier alpha value is -1.29. The summed E-state index contributed by atoms with van der Waals surface area (Å²) in [6, 6.07) is 1.83. The van der Waals surface area contributed by atoms with Gasteiger partial charge in [0.05, 0.1) is 6.54 Å². The number of guanidine groups is 1. The standard InChI is InChI=1S/C17H30N4O3.HI/c1-7-18-16(19-9-8-15(22)21(5)6)20-11-17(4,23)14-10-12(2)24-13(14)3;/h10,23H,7-9,11H2,1-6H3,(H2,18,19,20);1H. The van der Waals surface area contributed by atoms with E-state index in [1.54, 1.807) is 25.9 Å². The molecule has 25 heavy (non-hydrogen) atoms. The number of carbonyl (C=O) groups is 1. The number of amides is 1. The van der Waals surface area contributed by atoms with Gasteiger partial charge in [-0.25, -0.2) is 4.99 Å². The lowest BCUT2D eigenvalue weighted by Crippen LogP contribution is -2.40. The number of nitrogens with zero attached hydrogens (tertiary/aromatic N) is 2. The van der Waals surface area contributed by atoms with Crippen LogP contribution in [0, 0.1) is 13.8 Å². The van der Waals surface area contributed by atoms with Crippen molar-refractivity contribution in [3.8, 4) is 0 Å². The lowest BCUT2D eigenvalue weighted by Gasteiger charge is -2.21. The van der Waals surface area contributed by atoms with Crippen molar-refractivity contribution in [2.24, 2.45) is 4.99 Å². The highest BCUT2D eigenvalue weighted by molar-refractivity contribution is 14.0. The number of rotatable bonds is 7. The topological polar surface area (TPSA) is 90.1 Å². The number of hydrogen-bond acceptors (Lipinski definition) is 4. The summed E-state index contributed by atoms with van der Waals surface area (Å²) >= 11 is 0. The zero-order valence-electron chi connectivity index (χ0n) is 16.0. The number of carbonyl (C=O) groups excluding carboxylic acids is 1. The number of hydrogen-bond donors (Lipinski definition) is 3. The van der Waals surface area contributed by atoms with E-state index in [2.05, 4.69) is 15.6 Å². The lowest BCUT2D eigenvalue weighted by molar-refractivity contribution is -0.128. The van der Waals surface area contributed by atoms with Gasteiger partial charge in [-0.2, -0.15) is 0 Å². The molecule has 0 radical (unpaired) electrons. The van der Waals surface area contributed by atoms with E-state index in [9.17, 15) is 9.90 Å². The molecule has 0 saturated carbocycles. The summed E-state index contributed by atoms with van der Waals surface area (Å²) in [6.07, 6.45) is 0.383. The average Bonchev–Trinajstić information content (AvgIpc) is 2.84. The second kappa shape index (κ2) is 10.6. The first-order valence-electron chi connectivity index (χ1n) is 8.19. The molecule has 0 bridgehead atoms. The van der Waals surface area contributed by atoms with E-state index in [0.29, 0.717) is 31.2 Å². The molecule has 7 nitrogen and oxygen atoms in total. The zero-order chi connectivity index (χ0) is 18.3. The first kappa shape index (κ1) is 23.7. The van der Waals surface area contributed by atoms with Crippen LogP contribution in [0.2, 0.25) is 0 Å². The maximum Gasteiger partial charge on any atom is 0.223 e. The van der Waals surface area contributed by atoms with Crippen LogP contribution in [0.15, 0.2) is 15.5 Å². The van der Waals surface area contributed by atoms with Crippen LogP contribution >= 0.6 is 24.0 Å². The van der Waals surface area contributed by atoms with E-state index < -0.39 is 5.60 Å². The van der Waals surface area contributed by atoms with Gasteiger partial charge in [0.1, 0.15) is 17.1 Å². The number of aryl methyl sites for hydroxylation is 2. The minimum atomic E-state index is -1.12. The van der Waals surface area contributed by atoms with Crippen LogP contribution in [0.3, 0.4) is 0 Å². The van der Waals surface area contributed by atoms with Crippen LogP contribution in [0.4, 0.5) is 0 Å². The van der Waals surface area contributed by atoms with Gasteiger partial charge in [-0.15, -0.1) is 24.0 Å². The fourth-order valence-electron chi connectivity index (χ4n) is 2.34. The van der Waals surface area contributed by atoms with Crippen molar-refractivity contribution in [3.05, 3.63) is 23.2 Å². The molecule has 0 aliphatic rings. The third kappa shape index (κ3) is 7.64. The molecular formula is C17H31IN4O3. The molecule has 0 aliphatic carbocycles. The lowest BCUT2D eigenvalue weighted by atomic mass is 9.96. The second-order valence-electron chi connectivity index (χ2n) is 6.26. The summed E-state index contributed by atoms with van der Waals surface area (Å²) in [4.78, 5) is 17.6. The Bertz CT molecular complexity index is 582. The molecule has 3 N–H and O–H groups in total. The minimum absolute atomic E-state index is 0. The molecule has 1 heterocycles. The van der Waals surface area contributed by atoms with Crippen LogP contribution in [0.25, 0.3) is 0 Å². The van der Waals surface area contributed by atoms with Crippen LogP contribution in [-0.4, -0.2) is 55.6 Å². The number of halogens is 1. The predicted octanol–water partition coefficient (Wildman–Crippen LogP) is 1.76. The quantitative estimate of drug-likeness (QED) is 0.324. The van der Waals surface area contributed by atoms with Gasteiger partial charge < -0.3 is 25.1 Å². The van der Waals surface area contributed by atoms with Crippen molar-refractivity contribution < 1.29 is 14.3 Å². The van der Waals surface area contributed by atoms with E-state index in [4.69, 9.17) is 4.42 Å². The highest BCUT2D eigenvalue weighted by Crippen LogP contribution is 2.27. The molecule has 0 aromatic carbocycles. The van der Waals surface area contributed by atoms with Gasteiger partial charge >= 0.3 is 0 Å². The van der Waals surface area contributed by atoms with Crippen molar-refractivity contribution in [2.45, 2.75) is 39.7 Å². The smallest absolute Gasteiger partial charge is 0.223 e. The number of furan rings is 1. The Morgan fingerprint density at radius 2 is 2.00 bits per heavy atom. The molecule has 8 heteroatoms. The Labute approximate surface area is 167 Å². The summed E-state index contributed by atoms with van der Waals surface area (Å²) < 4.78 is 5.49. The van der Waals surface area contributed by atoms with Gasteiger partial charge in [0, 0.05) is 39.2 Å². The molecule has 1 aromatic heterocycles. The summed E-state index contributed by atoms with van der Waals surface area (Å²) in [5.41, 5.74) is -0.383. The molecule has 1 rings (SSSR count). The van der Waals surface area contributed by atoms with Crippen LogP contribution in [-0.2, 0) is 10.4 Å². The Morgan fingerprint density at radius 3 is 2.48 bits per heavy atom. The first-order valence-corrected chi connectivity index (χ1v) is 8.19. The number of aliphatic imine (C=N–C) groups is 1.